The Morgan fingerprint density at radius 2 is 1.79 bits per heavy atom. The summed E-state index contributed by atoms with van der Waals surface area (Å²) >= 11 is 0. The van der Waals surface area contributed by atoms with Gasteiger partial charge in [-0.15, -0.1) is 0 Å². The molecule has 2 aliphatic rings. The van der Waals surface area contributed by atoms with Crippen molar-refractivity contribution < 1.29 is 14.0 Å². The normalized spacial score (nSPS) is 19.0. The molecule has 0 aromatic heterocycles. The van der Waals surface area contributed by atoms with Crippen LogP contribution in [0.5, 0.6) is 0 Å². The third-order valence-electron chi connectivity index (χ3n) is 5.63. The lowest BCUT2D eigenvalue weighted by molar-refractivity contribution is -0.116. The van der Waals surface area contributed by atoms with E-state index < -0.39 is 11.7 Å². The summed E-state index contributed by atoms with van der Waals surface area (Å²) in [5.41, 5.74) is 4.33. The maximum absolute atomic E-state index is 14.8. The zero-order valence-electron chi connectivity index (χ0n) is 16.5. The highest BCUT2D eigenvalue weighted by Gasteiger charge is 2.39. The highest BCUT2D eigenvalue weighted by Crippen LogP contribution is 2.43. The number of carbonyl (C=O) groups is 2. The van der Waals surface area contributed by atoms with Gasteiger partial charge in [0.05, 0.1) is 0 Å². The van der Waals surface area contributed by atoms with E-state index in [1.54, 1.807) is 18.2 Å². The number of benzene rings is 2. The van der Waals surface area contributed by atoms with E-state index in [1.165, 1.54) is 6.07 Å². The maximum Gasteiger partial charge on any atom is 0.254 e. The third kappa shape index (κ3) is 3.48. The van der Waals surface area contributed by atoms with E-state index in [0.717, 1.165) is 24.1 Å². The van der Waals surface area contributed by atoms with Crippen LogP contribution in [0.1, 0.15) is 43.2 Å². The van der Waals surface area contributed by atoms with Gasteiger partial charge in [-0.1, -0.05) is 36.4 Å². The molecule has 148 valence electrons. The molecule has 2 aromatic rings. The molecule has 0 saturated carbocycles. The molecule has 0 spiro atoms. The molecule has 0 fully saturated rings. The van der Waals surface area contributed by atoms with Crippen LogP contribution in [0.15, 0.2) is 71.1 Å². The van der Waals surface area contributed by atoms with E-state index in [4.69, 9.17) is 0 Å². The second-order valence-electron chi connectivity index (χ2n) is 7.56. The predicted molar refractivity (Wildman–Crippen MR) is 111 cm³/mol. The van der Waals surface area contributed by atoms with E-state index in [-0.39, 0.29) is 11.7 Å². The molecule has 0 bridgehead atoms. The molecule has 29 heavy (non-hydrogen) atoms. The van der Waals surface area contributed by atoms with Crippen LogP contribution in [0.3, 0.4) is 0 Å². The third-order valence-corrected chi connectivity index (χ3v) is 5.63. The number of ketones is 1. The zero-order chi connectivity index (χ0) is 20.5. The van der Waals surface area contributed by atoms with Crippen molar-refractivity contribution in [3.63, 3.8) is 0 Å². The zero-order valence-corrected chi connectivity index (χ0v) is 16.5. The van der Waals surface area contributed by atoms with Crippen LogP contribution in [0.2, 0.25) is 0 Å². The second kappa shape index (κ2) is 7.66. The number of halogens is 1. The Labute approximate surface area is 169 Å². The Balaban J connectivity index is 1.82. The van der Waals surface area contributed by atoms with Gasteiger partial charge in [0.25, 0.3) is 5.91 Å². The van der Waals surface area contributed by atoms with Crippen LogP contribution in [-0.2, 0) is 9.59 Å². The largest absolute Gasteiger partial charge is 0.362 e. The number of allylic oxidation sites excluding steroid dienone is 3. The lowest BCUT2D eigenvalue weighted by Gasteiger charge is -2.34. The number of carbonyl (C=O) groups excluding carboxylic acids is 2. The first-order valence-electron chi connectivity index (χ1n) is 9.83. The number of amides is 1. The van der Waals surface area contributed by atoms with E-state index >= 15 is 0 Å². The summed E-state index contributed by atoms with van der Waals surface area (Å²) < 4.78 is 14.8. The molecule has 2 aromatic carbocycles. The van der Waals surface area contributed by atoms with Crippen LogP contribution in [0.25, 0.3) is 0 Å². The van der Waals surface area contributed by atoms with Gasteiger partial charge in [-0.3, -0.25) is 9.59 Å². The standard InChI is InChI=1S/C24H23FN2O2/c1-14-8-3-6-11-18(14)27-24(29)21-15(2)26-19-12-7-13-20(28)23(19)22(21)16-9-4-5-10-17(16)25/h3-6,8-11,22,26H,7,12-13H2,1-2H3,(H,27,29)/t22-/m1/s1. The SMILES string of the molecule is CC1=C(C(=O)Nc2ccccc2C)[C@@H](c2ccccc2F)C2=C(CCCC2=O)N1. The first kappa shape index (κ1) is 19.1. The van der Waals surface area contributed by atoms with Crippen LogP contribution in [0.4, 0.5) is 10.1 Å². The molecule has 1 amide bonds. The summed E-state index contributed by atoms with van der Waals surface area (Å²) in [5, 5.41) is 6.20. The number of anilines is 1. The van der Waals surface area contributed by atoms with Crippen LogP contribution < -0.4 is 10.6 Å². The molecule has 0 saturated heterocycles. The van der Waals surface area contributed by atoms with Crippen molar-refractivity contribution in [3.8, 4) is 0 Å². The molecule has 0 unspecified atom stereocenters. The van der Waals surface area contributed by atoms with Crippen molar-refractivity contribution in [1.29, 1.82) is 0 Å². The smallest absolute Gasteiger partial charge is 0.254 e. The Morgan fingerprint density at radius 1 is 1.07 bits per heavy atom. The number of hydrogen-bond acceptors (Lipinski definition) is 3. The van der Waals surface area contributed by atoms with Crippen molar-refractivity contribution in [2.45, 2.75) is 39.0 Å². The average molecular weight is 390 g/mol. The number of aryl methyl sites for hydroxylation is 1. The fourth-order valence-electron chi connectivity index (χ4n) is 4.21. The Bertz CT molecular complexity index is 1070. The molecule has 1 heterocycles. The minimum absolute atomic E-state index is 0.0271. The topological polar surface area (TPSA) is 58.2 Å². The minimum atomic E-state index is -0.718. The first-order valence-corrected chi connectivity index (χ1v) is 9.83. The average Bonchev–Trinajstić information content (AvgIpc) is 2.69. The van der Waals surface area contributed by atoms with E-state index in [2.05, 4.69) is 10.6 Å². The number of para-hydroxylation sites is 1. The Hall–Kier alpha value is -3.21. The molecule has 4 nitrogen and oxygen atoms in total. The summed E-state index contributed by atoms with van der Waals surface area (Å²) in [4.78, 5) is 26.2. The van der Waals surface area contributed by atoms with E-state index in [9.17, 15) is 14.0 Å². The van der Waals surface area contributed by atoms with Gasteiger partial charge in [-0.25, -0.2) is 4.39 Å². The molecule has 0 radical (unpaired) electrons. The summed E-state index contributed by atoms with van der Waals surface area (Å²) in [6, 6.07) is 13.9. The van der Waals surface area contributed by atoms with Gasteiger partial charge in [0.2, 0.25) is 0 Å². The van der Waals surface area contributed by atoms with Crippen molar-refractivity contribution in [3.05, 3.63) is 88.0 Å². The van der Waals surface area contributed by atoms with Crippen molar-refractivity contribution in [1.82, 2.24) is 5.32 Å². The molecule has 1 aliphatic heterocycles. The Kier molecular flexibility index (Phi) is 5.05. The van der Waals surface area contributed by atoms with Gasteiger partial charge in [0.1, 0.15) is 5.82 Å². The molecule has 2 N–H and O–H groups in total. The van der Waals surface area contributed by atoms with Crippen LogP contribution in [0, 0.1) is 12.7 Å². The lowest BCUT2D eigenvalue weighted by Crippen LogP contribution is -2.35. The fraction of sp³-hybridized carbons (Fsp3) is 0.250. The van der Waals surface area contributed by atoms with Gasteiger partial charge in [-0.05, 0) is 44.4 Å². The second-order valence-corrected chi connectivity index (χ2v) is 7.56. The molecule has 1 atom stereocenters. The molecule has 1 aliphatic carbocycles. The van der Waals surface area contributed by atoms with Crippen LogP contribution >= 0.6 is 0 Å². The molecule has 5 heteroatoms. The van der Waals surface area contributed by atoms with Gasteiger partial charge in [0.15, 0.2) is 5.78 Å². The maximum atomic E-state index is 14.8. The van der Waals surface area contributed by atoms with Gasteiger partial charge in [-0.2, -0.15) is 0 Å². The number of nitrogens with one attached hydrogen (secondary N) is 2. The number of Topliss-reactive ketones (excluding diaryl/α,β-unsaturated/α-hetero) is 1. The van der Waals surface area contributed by atoms with Gasteiger partial charge in [0, 0.05) is 46.1 Å². The minimum Gasteiger partial charge on any atom is -0.362 e. The predicted octanol–water partition coefficient (Wildman–Crippen LogP) is 4.74. The summed E-state index contributed by atoms with van der Waals surface area (Å²) in [5.74, 6) is -1.49. The van der Waals surface area contributed by atoms with E-state index in [1.807, 2.05) is 38.1 Å². The van der Waals surface area contributed by atoms with Gasteiger partial charge < -0.3 is 10.6 Å². The number of dihydropyridines is 1. The van der Waals surface area contributed by atoms with Crippen molar-refractivity contribution >= 4 is 17.4 Å². The first-order chi connectivity index (χ1) is 14.0. The summed E-state index contributed by atoms with van der Waals surface area (Å²) in [7, 11) is 0. The fourth-order valence-corrected chi connectivity index (χ4v) is 4.21. The highest BCUT2D eigenvalue weighted by molar-refractivity contribution is 6.10. The summed E-state index contributed by atoms with van der Waals surface area (Å²) in [6.07, 6.45) is 1.89. The lowest BCUT2D eigenvalue weighted by atomic mass is 9.75. The summed E-state index contributed by atoms with van der Waals surface area (Å²) in [6.45, 7) is 3.72. The molecule has 4 rings (SSSR count). The number of hydrogen-bond donors (Lipinski definition) is 2. The van der Waals surface area contributed by atoms with Crippen LogP contribution in [-0.4, -0.2) is 11.7 Å². The quantitative estimate of drug-likeness (QED) is 0.796. The molecular formula is C24H23FN2O2. The monoisotopic (exact) mass is 390 g/mol. The molecular weight excluding hydrogens is 367 g/mol. The Morgan fingerprint density at radius 3 is 2.55 bits per heavy atom. The number of rotatable bonds is 3. The highest BCUT2D eigenvalue weighted by atomic mass is 19.1. The van der Waals surface area contributed by atoms with E-state index in [0.29, 0.717) is 34.5 Å². The van der Waals surface area contributed by atoms with Crippen molar-refractivity contribution in [2.75, 3.05) is 5.32 Å². The van der Waals surface area contributed by atoms with Crippen molar-refractivity contribution in [2.24, 2.45) is 0 Å². The van der Waals surface area contributed by atoms with Gasteiger partial charge >= 0.3 is 0 Å².